The normalized spacial score (nSPS) is 17.4. The molecule has 0 unspecified atom stereocenters. The van der Waals surface area contributed by atoms with E-state index in [-0.39, 0.29) is 0 Å². The Labute approximate surface area is 97.6 Å². The molecule has 0 radical (unpaired) electrons. The number of rotatable bonds is 5. The van der Waals surface area contributed by atoms with E-state index in [1.165, 1.54) is 25.7 Å². The highest BCUT2D eigenvalue weighted by Crippen LogP contribution is 2.28. The zero-order valence-electron chi connectivity index (χ0n) is 10.3. The van der Waals surface area contributed by atoms with Gasteiger partial charge in [-0.15, -0.1) is 0 Å². The number of oxazole rings is 1. The van der Waals surface area contributed by atoms with Crippen molar-refractivity contribution in [1.82, 2.24) is 10.3 Å². The van der Waals surface area contributed by atoms with Crippen molar-refractivity contribution in [3.05, 3.63) is 17.8 Å². The lowest BCUT2D eigenvalue weighted by Crippen LogP contribution is -2.21. The Morgan fingerprint density at radius 1 is 1.44 bits per heavy atom. The van der Waals surface area contributed by atoms with Gasteiger partial charge in [-0.2, -0.15) is 0 Å². The van der Waals surface area contributed by atoms with E-state index in [4.69, 9.17) is 4.42 Å². The fraction of sp³-hybridized carbons (Fsp3) is 0.769. The minimum atomic E-state index is 0.477. The summed E-state index contributed by atoms with van der Waals surface area (Å²) in [4.78, 5) is 4.30. The molecule has 1 aromatic heterocycles. The molecule has 1 N–H and O–H groups in total. The first-order valence-electron chi connectivity index (χ1n) is 6.41. The molecule has 0 saturated heterocycles. The van der Waals surface area contributed by atoms with Crippen LogP contribution in [-0.4, -0.2) is 11.0 Å². The molecule has 1 heterocycles. The molecule has 90 valence electrons. The van der Waals surface area contributed by atoms with Crippen molar-refractivity contribution >= 4 is 0 Å². The van der Waals surface area contributed by atoms with E-state index in [9.17, 15) is 0 Å². The van der Waals surface area contributed by atoms with Gasteiger partial charge >= 0.3 is 0 Å². The Hall–Kier alpha value is -0.830. The van der Waals surface area contributed by atoms with E-state index >= 15 is 0 Å². The Morgan fingerprint density at radius 3 is 2.88 bits per heavy atom. The molecule has 0 aliphatic heterocycles. The maximum absolute atomic E-state index is 5.72. The molecule has 16 heavy (non-hydrogen) atoms. The quantitative estimate of drug-likeness (QED) is 0.832. The summed E-state index contributed by atoms with van der Waals surface area (Å²) in [5.41, 5.74) is 0. The summed E-state index contributed by atoms with van der Waals surface area (Å²) in [5.74, 6) is 2.72. The van der Waals surface area contributed by atoms with Crippen LogP contribution in [-0.2, 0) is 13.0 Å². The SMILES string of the molecule is CC(C)NCc1ncc(CC2CCCC2)o1. The Bertz CT molecular complexity index is 313. The molecule has 0 atom stereocenters. The Kier molecular flexibility index (Phi) is 3.99. The van der Waals surface area contributed by atoms with Crippen LogP contribution in [0.2, 0.25) is 0 Å². The number of aromatic nitrogens is 1. The van der Waals surface area contributed by atoms with Gasteiger partial charge in [0.2, 0.25) is 5.89 Å². The third-order valence-electron chi connectivity index (χ3n) is 3.23. The third-order valence-corrected chi connectivity index (χ3v) is 3.23. The van der Waals surface area contributed by atoms with Gasteiger partial charge in [0, 0.05) is 12.5 Å². The smallest absolute Gasteiger partial charge is 0.208 e. The summed E-state index contributed by atoms with van der Waals surface area (Å²) in [6, 6.07) is 0.477. The van der Waals surface area contributed by atoms with Crippen molar-refractivity contribution < 1.29 is 4.42 Å². The first-order valence-corrected chi connectivity index (χ1v) is 6.41. The Morgan fingerprint density at radius 2 is 2.19 bits per heavy atom. The minimum Gasteiger partial charge on any atom is -0.444 e. The van der Waals surface area contributed by atoms with Crippen molar-refractivity contribution in [3.63, 3.8) is 0 Å². The third kappa shape index (κ3) is 3.34. The van der Waals surface area contributed by atoms with Gasteiger partial charge in [0.15, 0.2) is 0 Å². The lowest BCUT2D eigenvalue weighted by Gasteiger charge is -2.05. The van der Waals surface area contributed by atoms with E-state index in [1.54, 1.807) is 0 Å². The largest absolute Gasteiger partial charge is 0.444 e. The van der Waals surface area contributed by atoms with E-state index in [0.717, 1.165) is 30.5 Å². The van der Waals surface area contributed by atoms with E-state index in [1.807, 2.05) is 6.20 Å². The molecule has 2 rings (SSSR count). The van der Waals surface area contributed by atoms with Crippen LogP contribution in [0.5, 0.6) is 0 Å². The van der Waals surface area contributed by atoms with Crippen LogP contribution in [0.15, 0.2) is 10.6 Å². The van der Waals surface area contributed by atoms with Gasteiger partial charge in [-0.05, 0) is 5.92 Å². The molecule has 1 aromatic rings. The second-order valence-corrected chi connectivity index (χ2v) is 5.11. The van der Waals surface area contributed by atoms with Crippen LogP contribution in [0.1, 0.15) is 51.2 Å². The van der Waals surface area contributed by atoms with Crippen LogP contribution in [0.25, 0.3) is 0 Å². The highest BCUT2D eigenvalue weighted by Gasteiger charge is 2.17. The summed E-state index contributed by atoms with van der Waals surface area (Å²) in [7, 11) is 0. The average molecular weight is 222 g/mol. The Balaban J connectivity index is 1.81. The fourth-order valence-electron chi connectivity index (χ4n) is 2.31. The van der Waals surface area contributed by atoms with Gasteiger partial charge in [0.25, 0.3) is 0 Å². The maximum atomic E-state index is 5.72. The van der Waals surface area contributed by atoms with Gasteiger partial charge in [0.1, 0.15) is 5.76 Å². The molecule has 1 saturated carbocycles. The van der Waals surface area contributed by atoms with E-state index < -0.39 is 0 Å². The van der Waals surface area contributed by atoms with Crippen LogP contribution >= 0.6 is 0 Å². The molecule has 3 nitrogen and oxygen atoms in total. The number of hydrogen-bond acceptors (Lipinski definition) is 3. The van der Waals surface area contributed by atoms with Crippen LogP contribution < -0.4 is 5.32 Å². The summed E-state index contributed by atoms with van der Waals surface area (Å²) < 4.78 is 5.72. The predicted octanol–water partition coefficient (Wildman–Crippen LogP) is 2.91. The summed E-state index contributed by atoms with van der Waals surface area (Å²) >= 11 is 0. The average Bonchev–Trinajstić information content (AvgIpc) is 2.87. The molecule has 1 aliphatic rings. The van der Waals surface area contributed by atoms with Crippen molar-refractivity contribution in [3.8, 4) is 0 Å². The monoisotopic (exact) mass is 222 g/mol. The minimum absolute atomic E-state index is 0.477. The van der Waals surface area contributed by atoms with E-state index in [2.05, 4.69) is 24.1 Å². The standard InChI is InChI=1S/C13H22N2O/c1-10(2)14-9-13-15-8-12(16-13)7-11-5-3-4-6-11/h8,10-11,14H,3-7,9H2,1-2H3. The van der Waals surface area contributed by atoms with Gasteiger partial charge in [0.05, 0.1) is 12.7 Å². The molecule has 0 amide bonds. The van der Waals surface area contributed by atoms with Crippen molar-refractivity contribution in [1.29, 1.82) is 0 Å². The van der Waals surface area contributed by atoms with Gasteiger partial charge in [-0.1, -0.05) is 39.5 Å². The lowest BCUT2D eigenvalue weighted by atomic mass is 10.0. The van der Waals surface area contributed by atoms with Gasteiger partial charge in [-0.25, -0.2) is 4.98 Å². The molecular weight excluding hydrogens is 200 g/mol. The predicted molar refractivity (Wildman–Crippen MR) is 64.1 cm³/mol. The van der Waals surface area contributed by atoms with Crippen molar-refractivity contribution in [2.75, 3.05) is 0 Å². The number of nitrogens with one attached hydrogen (secondary N) is 1. The zero-order chi connectivity index (χ0) is 11.4. The second-order valence-electron chi connectivity index (χ2n) is 5.11. The molecular formula is C13H22N2O. The number of hydrogen-bond donors (Lipinski definition) is 1. The maximum Gasteiger partial charge on any atom is 0.208 e. The first-order chi connectivity index (χ1) is 7.74. The summed E-state index contributed by atoms with van der Waals surface area (Å²) in [6.45, 7) is 4.99. The van der Waals surface area contributed by atoms with Crippen LogP contribution in [0, 0.1) is 5.92 Å². The topological polar surface area (TPSA) is 38.1 Å². The molecule has 1 aliphatic carbocycles. The lowest BCUT2D eigenvalue weighted by molar-refractivity contribution is 0.398. The molecule has 0 spiro atoms. The van der Waals surface area contributed by atoms with Gasteiger partial charge < -0.3 is 9.73 Å². The first kappa shape index (κ1) is 11.6. The van der Waals surface area contributed by atoms with Crippen molar-refractivity contribution in [2.45, 2.75) is 58.5 Å². The molecule has 0 bridgehead atoms. The highest BCUT2D eigenvalue weighted by atomic mass is 16.4. The fourth-order valence-corrected chi connectivity index (χ4v) is 2.31. The van der Waals surface area contributed by atoms with Crippen LogP contribution in [0.3, 0.4) is 0 Å². The molecule has 1 fully saturated rings. The van der Waals surface area contributed by atoms with Crippen molar-refractivity contribution in [2.24, 2.45) is 5.92 Å². The molecule has 0 aromatic carbocycles. The summed E-state index contributed by atoms with van der Waals surface area (Å²) in [6.07, 6.45) is 8.48. The highest BCUT2D eigenvalue weighted by molar-refractivity contribution is 4.96. The van der Waals surface area contributed by atoms with Crippen LogP contribution in [0.4, 0.5) is 0 Å². The summed E-state index contributed by atoms with van der Waals surface area (Å²) in [5, 5.41) is 3.31. The molecule has 3 heteroatoms. The van der Waals surface area contributed by atoms with E-state index in [0.29, 0.717) is 6.04 Å². The second kappa shape index (κ2) is 5.48. The zero-order valence-corrected chi connectivity index (χ0v) is 10.3. The number of nitrogens with zero attached hydrogens (tertiary/aromatic N) is 1. The van der Waals surface area contributed by atoms with Gasteiger partial charge in [-0.3, -0.25) is 0 Å².